The second-order valence-corrected chi connectivity index (χ2v) is 4.44. The largest absolute Gasteiger partial charge is 0.456 e. The van der Waals surface area contributed by atoms with Gasteiger partial charge in [0, 0.05) is 17.7 Å². The van der Waals surface area contributed by atoms with Gasteiger partial charge >= 0.3 is 6.48 Å². The lowest BCUT2D eigenvalue weighted by molar-refractivity contribution is -0.179. The molecule has 2 N–H and O–H groups in total. The van der Waals surface area contributed by atoms with Crippen molar-refractivity contribution in [2.75, 3.05) is 0 Å². The molecule has 0 spiro atoms. The van der Waals surface area contributed by atoms with Crippen LogP contribution in [0.25, 0.3) is 22.3 Å². The van der Waals surface area contributed by atoms with Gasteiger partial charge in [0.1, 0.15) is 17.1 Å². The molecular weight excluding hydrogens is 272 g/mol. The summed E-state index contributed by atoms with van der Waals surface area (Å²) in [4.78, 5) is 12.1. The van der Waals surface area contributed by atoms with Crippen molar-refractivity contribution >= 4 is 11.0 Å². The van der Waals surface area contributed by atoms with Crippen LogP contribution in [0.4, 0.5) is 0 Å². The maximum Gasteiger partial charge on any atom is 0.310 e. The van der Waals surface area contributed by atoms with Crippen molar-refractivity contribution in [1.29, 1.82) is 0 Å². The van der Waals surface area contributed by atoms with E-state index in [2.05, 4.69) is 0 Å². The van der Waals surface area contributed by atoms with Crippen LogP contribution in [-0.2, 0) is 0 Å². The monoisotopic (exact) mass is 284 g/mol. The third-order valence-corrected chi connectivity index (χ3v) is 3.00. The first-order valence-corrected chi connectivity index (χ1v) is 6.29. The standard InChI is InChI=1S/C16H12O5/c17-13-9-14(10-4-2-1-3-5-10)21-15-8-11(20-16(18)19)6-7-12(13)15/h1-9,16,18-19H. The van der Waals surface area contributed by atoms with Crippen molar-refractivity contribution in [2.45, 2.75) is 6.48 Å². The molecule has 0 aliphatic carbocycles. The van der Waals surface area contributed by atoms with Crippen LogP contribution in [0, 0.1) is 0 Å². The summed E-state index contributed by atoms with van der Waals surface area (Å²) in [5.41, 5.74) is 0.927. The van der Waals surface area contributed by atoms with Crippen LogP contribution in [0.5, 0.6) is 5.75 Å². The Kier molecular flexibility index (Phi) is 3.43. The molecule has 0 amide bonds. The number of hydrogen-bond donors (Lipinski definition) is 2. The average Bonchev–Trinajstić information content (AvgIpc) is 2.47. The number of hydrogen-bond acceptors (Lipinski definition) is 5. The summed E-state index contributed by atoms with van der Waals surface area (Å²) in [6, 6.07) is 15.1. The van der Waals surface area contributed by atoms with E-state index in [0.29, 0.717) is 16.7 Å². The normalized spacial score (nSPS) is 11.0. The molecule has 5 nitrogen and oxygen atoms in total. The van der Waals surface area contributed by atoms with Crippen LogP contribution in [0.15, 0.2) is 63.8 Å². The van der Waals surface area contributed by atoms with E-state index >= 15 is 0 Å². The summed E-state index contributed by atoms with van der Waals surface area (Å²) in [5, 5.41) is 18.0. The van der Waals surface area contributed by atoms with Crippen molar-refractivity contribution < 1.29 is 19.4 Å². The number of aliphatic hydroxyl groups is 2. The van der Waals surface area contributed by atoms with E-state index in [1.54, 1.807) is 0 Å². The van der Waals surface area contributed by atoms with Crippen LogP contribution >= 0.6 is 0 Å². The van der Waals surface area contributed by atoms with E-state index in [9.17, 15) is 4.79 Å². The Balaban J connectivity index is 2.15. The predicted octanol–water partition coefficient (Wildman–Crippen LogP) is 2.11. The fourth-order valence-electron chi connectivity index (χ4n) is 2.08. The summed E-state index contributed by atoms with van der Waals surface area (Å²) < 4.78 is 10.5. The molecule has 0 saturated heterocycles. The highest BCUT2D eigenvalue weighted by Crippen LogP contribution is 2.24. The van der Waals surface area contributed by atoms with Gasteiger partial charge in [0.05, 0.1) is 5.39 Å². The van der Waals surface area contributed by atoms with E-state index in [4.69, 9.17) is 19.4 Å². The second kappa shape index (κ2) is 5.40. The highest BCUT2D eigenvalue weighted by Gasteiger charge is 2.09. The highest BCUT2D eigenvalue weighted by molar-refractivity contribution is 5.80. The van der Waals surface area contributed by atoms with E-state index in [1.807, 2.05) is 30.3 Å². The third-order valence-electron chi connectivity index (χ3n) is 3.00. The van der Waals surface area contributed by atoms with Crippen molar-refractivity contribution in [3.8, 4) is 17.1 Å². The number of benzene rings is 2. The molecule has 5 heteroatoms. The minimum Gasteiger partial charge on any atom is -0.456 e. The zero-order chi connectivity index (χ0) is 14.8. The Labute approximate surface area is 119 Å². The molecule has 0 radical (unpaired) electrons. The first-order valence-electron chi connectivity index (χ1n) is 6.29. The fraction of sp³-hybridized carbons (Fsp3) is 0.0625. The Hall–Kier alpha value is -2.63. The molecule has 0 fully saturated rings. The number of aliphatic hydroxyl groups excluding tert-OH is 1. The summed E-state index contributed by atoms with van der Waals surface area (Å²) in [5.74, 6) is 0.639. The highest BCUT2D eigenvalue weighted by atomic mass is 16.7. The van der Waals surface area contributed by atoms with Crippen molar-refractivity contribution in [1.82, 2.24) is 0 Å². The van der Waals surface area contributed by atoms with Crippen LogP contribution in [0.2, 0.25) is 0 Å². The topological polar surface area (TPSA) is 79.9 Å². The van der Waals surface area contributed by atoms with Gasteiger partial charge in [-0.15, -0.1) is 0 Å². The molecule has 21 heavy (non-hydrogen) atoms. The van der Waals surface area contributed by atoms with Gasteiger partial charge < -0.3 is 19.4 Å². The second-order valence-electron chi connectivity index (χ2n) is 4.44. The van der Waals surface area contributed by atoms with Crippen LogP contribution in [0.3, 0.4) is 0 Å². The molecule has 2 aromatic carbocycles. The zero-order valence-corrected chi connectivity index (χ0v) is 10.9. The lowest BCUT2D eigenvalue weighted by Gasteiger charge is -2.08. The maximum absolute atomic E-state index is 12.1. The molecule has 0 aliphatic heterocycles. The van der Waals surface area contributed by atoms with Crippen LogP contribution in [-0.4, -0.2) is 16.7 Å². The molecule has 3 aromatic rings. The van der Waals surface area contributed by atoms with Crippen LogP contribution in [0.1, 0.15) is 0 Å². The number of ether oxygens (including phenoxy) is 1. The van der Waals surface area contributed by atoms with Gasteiger partial charge in [-0.3, -0.25) is 4.79 Å². The lowest BCUT2D eigenvalue weighted by Crippen LogP contribution is -2.13. The van der Waals surface area contributed by atoms with Crippen molar-refractivity contribution in [3.63, 3.8) is 0 Å². The average molecular weight is 284 g/mol. The maximum atomic E-state index is 12.1. The summed E-state index contributed by atoms with van der Waals surface area (Å²) >= 11 is 0. The molecule has 106 valence electrons. The van der Waals surface area contributed by atoms with Crippen molar-refractivity contribution in [3.05, 3.63) is 64.8 Å². The number of rotatable bonds is 3. The van der Waals surface area contributed by atoms with E-state index in [1.165, 1.54) is 24.3 Å². The van der Waals surface area contributed by atoms with Crippen LogP contribution < -0.4 is 10.2 Å². The molecular formula is C16H12O5. The molecule has 0 unspecified atom stereocenters. The van der Waals surface area contributed by atoms with Gasteiger partial charge in [0.25, 0.3) is 0 Å². The lowest BCUT2D eigenvalue weighted by atomic mass is 10.1. The predicted molar refractivity (Wildman–Crippen MR) is 76.8 cm³/mol. The molecule has 0 bridgehead atoms. The van der Waals surface area contributed by atoms with Gasteiger partial charge in [-0.05, 0) is 12.1 Å². The Bertz CT molecular complexity index is 821. The van der Waals surface area contributed by atoms with Gasteiger partial charge in [-0.2, -0.15) is 0 Å². The number of fused-ring (bicyclic) bond motifs is 1. The van der Waals surface area contributed by atoms with E-state index in [-0.39, 0.29) is 11.2 Å². The Morgan fingerprint density at radius 1 is 1.00 bits per heavy atom. The fourth-order valence-corrected chi connectivity index (χ4v) is 2.08. The van der Waals surface area contributed by atoms with Gasteiger partial charge in [0.2, 0.25) is 0 Å². The molecule has 1 aromatic heterocycles. The molecule has 0 aliphatic rings. The third kappa shape index (κ3) is 2.79. The molecule has 3 rings (SSSR count). The van der Waals surface area contributed by atoms with E-state index in [0.717, 1.165) is 5.56 Å². The zero-order valence-electron chi connectivity index (χ0n) is 10.9. The molecule has 1 heterocycles. The quantitative estimate of drug-likeness (QED) is 0.720. The minimum absolute atomic E-state index is 0.175. The van der Waals surface area contributed by atoms with Crippen molar-refractivity contribution in [2.24, 2.45) is 0 Å². The Morgan fingerprint density at radius 2 is 1.76 bits per heavy atom. The smallest absolute Gasteiger partial charge is 0.310 e. The molecule has 0 atom stereocenters. The summed E-state index contributed by atoms with van der Waals surface area (Å²) in [6.45, 7) is -1.92. The molecule has 0 saturated carbocycles. The SMILES string of the molecule is O=c1cc(-c2ccccc2)oc2cc(OC(O)O)ccc12. The first-order chi connectivity index (χ1) is 10.1. The minimum atomic E-state index is -1.92. The summed E-state index contributed by atoms with van der Waals surface area (Å²) in [6.07, 6.45) is 0. The first kappa shape index (κ1) is 13.4. The van der Waals surface area contributed by atoms with Gasteiger partial charge in [0.15, 0.2) is 5.43 Å². The summed E-state index contributed by atoms with van der Waals surface area (Å²) in [7, 11) is 0. The van der Waals surface area contributed by atoms with Gasteiger partial charge in [-0.25, -0.2) is 0 Å². The Morgan fingerprint density at radius 3 is 2.48 bits per heavy atom. The van der Waals surface area contributed by atoms with Gasteiger partial charge in [-0.1, -0.05) is 30.3 Å². The van der Waals surface area contributed by atoms with E-state index < -0.39 is 6.48 Å².